The molecule has 0 aliphatic carbocycles. The first-order chi connectivity index (χ1) is 14.5. The third-order valence-corrected chi connectivity index (χ3v) is 5.54. The lowest BCUT2D eigenvalue weighted by Gasteiger charge is -2.13. The maximum atomic E-state index is 12.9. The number of nitrogens with one attached hydrogen (secondary N) is 2. The highest BCUT2D eigenvalue weighted by Crippen LogP contribution is 2.29. The molecule has 0 fully saturated rings. The zero-order valence-corrected chi connectivity index (χ0v) is 18.1. The monoisotopic (exact) mass is 440 g/mol. The molecule has 0 spiro atoms. The van der Waals surface area contributed by atoms with Crippen LogP contribution < -0.4 is 15.4 Å². The fourth-order valence-electron chi connectivity index (χ4n) is 2.72. The molecule has 3 aromatic rings. The normalized spacial score (nSPS) is 10.4. The molecular formula is C23H21ClN2O3S. The highest BCUT2D eigenvalue weighted by molar-refractivity contribution is 8.00. The molecule has 0 radical (unpaired) electrons. The van der Waals surface area contributed by atoms with E-state index in [0.717, 1.165) is 11.3 Å². The van der Waals surface area contributed by atoms with E-state index >= 15 is 0 Å². The van der Waals surface area contributed by atoms with E-state index in [0.29, 0.717) is 26.9 Å². The summed E-state index contributed by atoms with van der Waals surface area (Å²) in [4.78, 5) is 25.9. The second-order valence-corrected chi connectivity index (χ2v) is 7.95. The third kappa shape index (κ3) is 5.78. The minimum absolute atomic E-state index is 0.143. The van der Waals surface area contributed by atoms with Gasteiger partial charge in [-0.15, -0.1) is 11.8 Å². The molecule has 154 valence electrons. The van der Waals surface area contributed by atoms with Crippen LogP contribution in [0, 0.1) is 6.92 Å². The SMILES string of the molecule is COc1ccc(Cl)cc1NC(=O)c1ccccc1SCC(=O)Nc1ccc(C)cc1. The fraction of sp³-hybridized carbons (Fsp3) is 0.130. The van der Waals surface area contributed by atoms with Crippen LogP contribution >= 0.6 is 23.4 Å². The van der Waals surface area contributed by atoms with Gasteiger partial charge in [0.05, 0.1) is 24.1 Å². The van der Waals surface area contributed by atoms with Crippen molar-refractivity contribution in [2.45, 2.75) is 11.8 Å². The number of benzene rings is 3. The summed E-state index contributed by atoms with van der Waals surface area (Å²) in [5, 5.41) is 6.17. The standard InChI is InChI=1S/C23H21ClN2O3S/c1-15-7-10-17(11-8-15)25-22(27)14-30-21-6-4-3-5-18(21)23(28)26-19-13-16(24)9-12-20(19)29-2/h3-13H,14H2,1-2H3,(H,25,27)(H,26,28). The highest BCUT2D eigenvalue weighted by atomic mass is 35.5. The summed E-state index contributed by atoms with van der Waals surface area (Å²) in [6.45, 7) is 1.99. The number of carbonyl (C=O) groups excluding carboxylic acids is 2. The number of hydrogen-bond donors (Lipinski definition) is 2. The van der Waals surface area contributed by atoms with E-state index in [1.54, 1.807) is 30.3 Å². The number of anilines is 2. The van der Waals surface area contributed by atoms with Crippen LogP contribution in [0.1, 0.15) is 15.9 Å². The van der Waals surface area contributed by atoms with Crippen LogP contribution in [0.5, 0.6) is 5.75 Å². The average molecular weight is 441 g/mol. The van der Waals surface area contributed by atoms with E-state index < -0.39 is 0 Å². The summed E-state index contributed by atoms with van der Waals surface area (Å²) in [6.07, 6.45) is 0. The van der Waals surface area contributed by atoms with Crippen LogP contribution in [-0.4, -0.2) is 24.7 Å². The third-order valence-electron chi connectivity index (χ3n) is 4.24. The largest absolute Gasteiger partial charge is 0.495 e. The summed E-state index contributed by atoms with van der Waals surface area (Å²) in [6, 6.07) is 19.7. The predicted molar refractivity (Wildman–Crippen MR) is 123 cm³/mol. The summed E-state index contributed by atoms with van der Waals surface area (Å²) in [7, 11) is 1.52. The topological polar surface area (TPSA) is 67.4 Å². The molecule has 2 amide bonds. The maximum absolute atomic E-state index is 12.9. The summed E-state index contributed by atoms with van der Waals surface area (Å²) in [5.41, 5.74) is 2.81. The second-order valence-electron chi connectivity index (χ2n) is 6.50. The highest BCUT2D eigenvalue weighted by Gasteiger charge is 2.15. The van der Waals surface area contributed by atoms with E-state index in [4.69, 9.17) is 16.3 Å². The van der Waals surface area contributed by atoms with Gasteiger partial charge in [0.15, 0.2) is 0 Å². The molecule has 0 aromatic heterocycles. The van der Waals surface area contributed by atoms with Gasteiger partial charge in [-0.2, -0.15) is 0 Å². The van der Waals surface area contributed by atoms with E-state index in [-0.39, 0.29) is 17.6 Å². The van der Waals surface area contributed by atoms with Gasteiger partial charge in [0.25, 0.3) is 5.91 Å². The first-order valence-corrected chi connectivity index (χ1v) is 10.6. The Balaban J connectivity index is 1.68. The van der Waals surface area contributed by atoms with Crippen LogP contribution in [0.2, 0.25) is 5.02 Å². The van der Waals surface area contributed by atoms with Crippen molar-refractivity contribution >= 4 is 46.6 Å². The molecule has 5 nitrogen and oxygen atoms in total. The lowest BCUT2D eigenvalue weighted by atomic mass is 10.2. The Bertz CT molecular complexity index is 1050. The number of methoxy groups -OCH3 is 1. The number of rotatable bonds is 7. The quantitative estimate of drug-likeness (QED) is 0.466. The van der Waals surface area contributed by atoms with Crippen molar-refractivity contribution in [1.29, 1.82) is 0 Å². The molecule has 0 atom stereocenters. The van der Waals surface area contributed by atoms with Crippen molar-refractivity contribution in [2.24, 2.45) is 0 Å². The smallest absolute Gasteiger partial charge is 0.256 e. The molecule has 0 bridgehead atoms. The first-order valence-electron chi connectivity index (χ1n) is 9.19. The summed E-state index contributed by atoms with van der Waals surface area (Å²) >= 11 is 7.34. The van der Waals surface area contributed by atoms with Gasteiger partial charge in [-0.05, 0) is 49.4 Å². The Morgan fingerprint density at radius 2 is 1.73 bits per heavy atom. The number of halogens is 1. The molecule has 3 aromatic carbocycles. The Morgan fingerprint density at radius 3 is 2.47 bits per heavy atom. The van der Waals surface area contributed by atoms with E-state index in [1.165, 1.54) is 18.9 Å². The lowest BCUT2D eigenvalue weighted by molar-refractivity contribution is -0.113. The molecule has 0 aliphatic heterocycles. The minimum Gasteiger partial charge on any atom is -0.495 e. The van der Waals surface area contributed by atoms with Crippen molar-refractivity contribution in [3.05, 3.63) is 82.9 Å². The van der Waals surface area contributed by atoms with Crippen molar-refractivity contribution in [2.75, 3.05) is 23.5 Å². The Kier molecular flexibility index (Phi) is 7.38. The molecule has 0 saturated carbocycles. The fourth-order valence-corrected chi connectivity index (χ4v) is 3.75. The molecular weight excluding hydrogens is 420 g/mol. The van der Waals surface area contributed by atoms with Gasteiger partial charge in [-0.1, -0.05) is 41.4 Å². The molecule has 0 aliphatic rings. The van der Waals surface area contributed by atoms with Gasteiger partial charge in [0, 0.05) is 15.6 Å². The molecule has 2 N–H and O–H groups in total. The Morgan fingerprint density at radius 1 is 1.00 bits per heavy atom. The molecule has 3 rings (SSSR count). The van der Waals surface area contributed by atoms with Gasteiger partial charge in [-0.25, -0.2) is 0 Å². The lowest BCUT2D eigenvalue weighted by Crippen LogP contribution is -2.16. The number of carbonyl (C=O) groups is 2. The van der Waals surface area contributed by atoms with Crippen LogP contribution in [0.15, 0.2) is 71.6 Å². The van der Waals surface area contributed by atoms with Crippen molar-refractivity contribution in [1.82, 2.24) is 0 Å². The van der Waals surface area contributed by atoms with Crippen LogP contribution in [-0.2, 0) is 4.79 Å². The number of hydrogen-bond acceptors (Lipinski definition) is 4. The van der Waals surface area contributed by atoms with Crippen LogP contribution in [0.25, 0.3) is 0 Å². The zero-order chi connectivity index (χ0) is 21.5. The number of amides is 2. The molecule has 0 unspecified atom stereocenters. The van der Waals surface area contributed by atoms with E-state index in [9.17, 15) is 9.59 Å². The molecule has 0 saturated heterocycles. The van der Waals surface area contributed by atoms with Gasteiger partial charge in [0.2, 0.25) is 5.91 Å². The molecule has 7 heteroatoms. The average Bonchev–Trinajstić information content (AvgIpc) is 2.74. The maximum Gasteiger partial charge on any atom is 0.256 e. The summed E-state index contributed by atoms with van der Waals surface area (Å²) < 4.78 is 5.28. The van der Waals surface area contributed by atoms with E-state index in [1.807, 2.05) is 43.3 Å². The zero-order valence-electron chi connectivity index (χ0n) is 16.6. The van der Waals surface area contributed by atoms with Crippen LogP contribution in [0.4, 0.5) is 11.4 Å². The number of thioether (sulfide) groups is 1. The van der Waals surface area contributed by atoms with Gasteiger partial charge < -0.3 is 15.4 Å². The molecule has 0 heterocycles. The Labute approximate surface area is 184 Å². The van der Waals surface area contributed by atoms with Gasteiger partial charge >= 0.3 is 0 Å². The number of ether oxygens (including phenoxy) is 1. The first kappa shape index (κ1) is 21.7. The number of aryl methyl sites for hydroxylation is 1. The van der Waals surface area contributed by atoms with Crippen molar-refractivity contribution < 1.29 is 14.3 Å². The Hall–Kier alpha value is -2.96. The van der Waals surface area contributed by atoms with Crippen molar-refractivity contribution in [3.63, 3.8) is 0 Å². The second kappa shape index (κ2) is 10.2. The molecule has 30 heavy (non-hydrogen) atoms. The minimum atomic E-state index is -0.308. The predicted octanol–water partition coefficient (Wildman–Crippen LogP) is 5.64. The van der Waals surface area contributed by atoms with Crippen molar-refractivity contribution in [3.8, 4) is 5.75 Å². The van der Waals surface area contributed by atoms with Gasteiger partial charge in [-0.3, -0.25) is 9.59 Å². The van der Waals surface area contributed by atoms with Gasteiger partial charge in [0.1, 0.15) is 5.75 Å². The summed E-state index contributed by atoms with van der Waals surface area (Å²) in [5.74, 6) is 0.238. The van der Waals surface area contributed by atoms with E-state index in [2.05, 4.69) is 10.6 Å². The van der Waals surface area contributed by atoms with Crippen LogP contribution in [0.3, 0.4) is 0 Å².